The minimum Gasteiger partial charge on any atom is -0.480 e. The van der Waals surface area contributed by atoms with Gasteiger partial charge in [-0.05, 0) is 18.6 Å². The van der Waals surface area contributed by atoms with E-state index in [0.717, 1.165) is 0 Å². The van der Waals surface area contributed by atoms with Crippen molar-refractivity contribution in [1.29, 1.82) is 5.26 Å². The Labute approximate surface area is 214 Å². The average Bonchev–Trinajstić information content (AvgIpc) is 3.58. The number of nitrogens with zero attached hydrogens (tertiary/aromatic N) is 6. The van der Waals surface area contributed by atoms with Gasteiger partial charge in [-0.25, -0.2) is 27.7 Å². The summed E-state index contributed by atoms with van der Waals surface area (Å²) in [5, 5.41) is 16.4. The van der Waals surface area contributed by atoms with Crippen LogP contribution in [0.4, 0.5) is 19.0 Å². The van der Waals surface area contributed by atoms with E-state index in [2.05, 4.69) is 26.5 Å². The first-order valence-corrected chi connectivity index (χ1v) is 11.8. The summed E-state index contributed by atoms with van der Waals surface area (Å²) < 4.78 is 48.6. The number of hydrogen-bond donors (Lipinski definition) is 2. The van der Waals surface area contributed by atoms with E-state index in [9.17, 15) is 28.0 Å². The Morgan fingerprint density at radius 1 is 1.29 bits per heavy atom. The summed E-state index contributed by atoms with van der Waals surface area (Å²) in [6, 6.07) is 3.93. The standard InChI is InChI=1S/C24H23F3N8O3/c1-38-22-15(4-14(8-30-22)19-13(7-28)5-18-20(29)31-11-32-35(18)19)21(36)33-17-10-34(9-16(17)25)23(37)12-2-3-24(26,27)6-12/h4-5,8,11-12,16-17H,2-3,6,9-10H2,1H3,(H,33,36)(H2,29,31,32)/t12?,16-,17+/m0/s1. The molecule has 14 heteroatoms. The van der Waals surface area contributed by atoms with Gasteiger partial charge in [-0.3, -0.25) is 9.59 Å². The molecule has 1 saturated heterocycles. The summed E-state index contributed by atoms with van der Waals surface area (Å²) in [5.41, 5.74) is 7.11. The van der Waals surface area contributed by atoms with Gasteiger partial charge in [-0.2, -0.15) is 10.4 Å². The molecular formula is C24H23F3N8O3. The molecule has 0 bridgehead atoms. The first kappa shape index (κ1) is 25.2. The van der Waals surface area contributed by atoms with Crippen molar-refractivity contribution in [3.05, 3.63) is 35.8 Å². The molecule has 1 saturated carbocycles. The number of nitrogen functional groups attached to an aromatic ring is 1. The van der Waals surface area contributed by atoms with Crippen LogP contribution in [0.25, 0.3) is 16.8 Å². The van der Waals surface area contributed by atoms with E-state index in [1.54, 1.807) is 0 Å². The minimum atomic E-state index is -2.90. The quantitative estimate of drug-likeness (QED) is 0.510. The van der Waals surface area contributed by atoms with Gasteiger partial charge in [0.1, 0.15) is 29.6 Å². The molecule has 3 N–H and O–H groups in total. The second-order valence-corrected chi connectivity index (χ2v) is 9.38. The zero-order chi connectivity index (χ0) is 27.2. The number of amides is 2. The number of nitrogens with one attached hydrogen (secondary N) is 1. The number of nitriles is 1. The Kier molecular flexibility index (Phi) is 6.29. The smallest absolute Gasteiger partial charge is 0.257 e. The molecule has 0 spiro atoms. The van der Waals surface area contributed by atoms with E-state index in [0.29, 0.717) is 16.8 Å². The maximum Gasteiger partial charge on any atom is 0.257 e. The highest BCUT2D eigenvalue weighted by Crippen LogP contribution is 2.40. The fourth-order valence-electron chi connectivity index (χ4n) is 5.02. The van der Waals surface area contributed by atoms with Gasteiger partial charge in [0.05, 0.1) is 31.0 Å². The lowest BCUT2D eigenvalue weighted by molar-refractivity contribution is -0.135. The highest BCUT2D eigenvalue weighted by Gasteiger charge is 2.46. The third kappa shape index (κ3) is 4.44. The van der Waals surface area contributed by atoms with Crippen molar-refractivity contribution in [2.24, 2.45) is 5.92 Å². The maximum atomic E-state index is 14.8. The first-order valence-electron chi connectivity index (χ1n) is 11.8. The largest absolute Gasteiger partial charge is 0.480 e. The summed E-state index contributed by atoms with van der Waals surface area (Å²) in [5.74, 6) is -4.91. The van der Waals surface area contributed by atoms with Crippen LogP contribution in [0.15, 0.2) is 24.7 Å². The van der Waals surface area contributed by atoms with Gasteiger partial charge in [0, 0.05) is 37.1 Å². The lowest BCUT2D eigenvalue weighted by Crippen LogP contribution is -2.42. The van der Waals surface area contributed by atoms with Crippen molar-refractivity contribution in [2.75, 3.05) is 25.9 Å². The number of hydrogen-bond acceptors (Lipinski definition) is 8. The van der Waals surface area contributed by atoms with Crippen molar-refractivity contribution < 1.29 is 27.5 Å². The van der Waals surface area contributed by atoms with Crippen LogP contribution in [0.5, 0.6) is 5.88 Å². The van der Waals surface area contributed by atoms with Gasteiger partial charge in [0.2, 0.25) is 17.7 Å². The Morgan fingerprint density at radius 3 is 2.76 bits per heavy atom. The van der Waals surface area contributed by atoms with Crippen LogP contribution >= 0.6 is 0 Å². The molecule has 3 aromatic heterocycles. The Morgan fingerprint density at radius 2 is 2.08 bits per heavy atom. The fourth-order valence-corrected chi connectivity index (χ4v) is 5.02. The van der Waals surface area contributed by atoms with E-state index in [-0.39, 0.29) is 48.8 Å². The lowest BCUT2D eigenvalue weighted by Gasteiger charge is -2.20. The number of rotatable bonds is 5. The second kappa shape index (κ2) is 9.47. The number of aromatic nitrogens is 4. The Hall–Kier alpha value is -4.41. The summed E-state index contributed by atoms with van der Waals surface area (Å²) in [7, 11) is 1.31. The van der Waals surface area contributed by atoms with E-state index >= 15 is 0 Å². The number of carbonyl (C=O) groups excluding carboxylic acids is 2. The fraction of sp³-hybridized carbons (Fsp3) is 0.417. The molecule has 5 rings (SSSR count). The highest BCUT2D eigenvalue weighted by molar-refractivity contribution is 5.98. The summed E-state index contributed by atoms with van der Waals surface area (Å²) in [6.45, 7) is -0.453. The molecule has 0 radical (unpaired) electrons. The number of ether oxygens (including phenoxy) is 1. The maximum absolute atomic E-state index is 14.8. The van der Waals surface area contributed by atoms with Crippen LogP contribution in [-0.2, 0) is 4.79 Å². The molecule has 4 heterocycles. The van der Waals surface area contributed by atoms with Crippen LogP contribution in [0.2, 0.25) is 0 Å². The number of halogens is 3. The molecule has 2 fully saturated rings. The average molecular weight is 528 g/mol. The topological polar surface area (TPSA) is 152 Å². The summed E-state index contributed by atoms with van der Waals surface area (Å²) in [4.78, 5) is 35.2. The van der Waals surface area contributed by atoms with Crippen molar-refractivity contribution in [2.45, 2.75) is 37.4 Å². The van der Waals surface area contributed by atoms with Gasteiger partial charge in [0.15, 0.2) is 5.82 Å². The van der Waals surface area contributed by atoms with Gasteiger partial charge >= 0.3 is 0 Å². The number of likely N-dealkylation sites (tertiary alicyclic amines) is 1. The number of fused-ring (bicyclic) bond motifs is 1. The van der Waals surface area contributed by atoms with Gasteiger partial charge < -0.3 is 20.7 Å². The molecule has 2 amide bonds. The van der Waals surface area contributed by atoms with E-state index in [1.807, 2.05) is 0 Å². The number of pyridine rings is 1. The predicted molar refractivity (Wildman–Crippen MR) is 127 cm³/mol. The molecular weight excluding hydrogens is 505 g/mol. The van der Waals surface area contributed by atoms with Crippen LogP contribution in [0.1, 0.15) is 35.2 Å². The number of nitrogens with two attached hydrogens (primary N) is 1. The van der Waals surface area contributed by atoms with Gasteiger partial charge in [-0.1, -0.05) is 0 Å². The minimum absolute atomic E-state index is 0.0433. The molecule has 11 nitrogen and oxygen atoms in total. The molecule has 3 atom stereocenters. The summed E-state index contributed by atoms with van der Waals surface area (Å²) in [6.07, 6.45) is 0.137. The molecule has 3 aromatic rings. The molecule has 38 heavy (non-hydrogen) atoms. The van der Waals surface area contributed by atoms with E-state index < -0.39 is 42.3 Å². The van der Waals surface area contributed by atoms with Crippen molar-refractivity contribution in [3.8, 4) is 23.2 Å². The SMILES string of the molecule is COc1ncc(-c2c(C#N)cc3c(N)ncnn23)cc1C(=O)N[C@@H]1CN(C(=O)C2CCC(F)(F)C2)C[C@@H]1F. The van der Waals surface area contributed by atoms with Crippen LogP contribution in [-0.4, -0.2) is 74.6 Å². The number of alkyl halides is 3. The van der Waals surface area contributed by atoms with Crippen molar-refractivity contribution in [1.82, 2.24) is 29.8 Å². The van der Waals surface area contributed by atoms with E-state index in [1.165, 1.54) is 41.2 Å². The van der Waals surface area contributed by atoms with Crippen molar-refractivity contribution >= 4 is 23.1 Å². The number of carbonyl (C=O) groups is 2. The second-order valence-electron chi connectivity index (χ2n) is 9.38. The van der Waals surface area contributed by atoms with Crippen molar-refractivity contribution in [3.63, 3.8) is 0 Å². The highest BCUT2D eigenvalue weighted by atomic mass is 19.3. The van der Waals surface area contributed by atoms with Gasteiger partial charge in [0.25, 0.3) is 5.91 Å². The molecule has 1 aliphatic carbocycles. The normalized spacial score (nSPS) is 22.4. The lowest BCUT2D eigenvalue weighted by atomic mass is 10.1. The molecule has 0 aromatic carbocycles. The molecule has 1 unspecified atom stereocenters. The third-order valence-corrected chi connectivity index (χ3v) is 6.92. The Balaban J connectivity index is 1.39. The summed E-state index contributed by atoms with van der Waals surface area (Å²) >= 11 is 0. The Bertz CT molecular complexity index is 1470. The van der Waals surface area contributed by atoms with Crippen LogP contribution in [0.3, 0.4) is 0 Å². The zero-order valence-electron chi connectivity index (χ0n) is 20.2. The third-order valence-electron chi connectivity index (χ3n) is 6.92. The molecule has 1 aliphatic heterocycles. The van der Waals surface area contributed by atoms with Gasteiger partial charge in [-0.15, -0.1) is 0 Å². The number of methoxy groups -OCH3 is 1. The zero-order valence-corrected chi connectivity index (χ0v) is 20.2. The predicted octanol–water partition coefficient (Wildman–Crippen LogP) is 1.97. The monoisotopic (exact) mass is 528 g/mol. The van der Waals surface area contributed by atoms with Crippen LogP contribution in [0, 0.1) is 17.2 Å². The van der Waals surface area contributed by atoms with Crippen LogP contribution < -0.4 is 15.8 Å². The molecule has 2 aliphatic rings. The number of anilines is 1. The molecule has 198 valence electrons. The first-order chi connectivity index (χ1) is 18.1. The van der Waals surface area contributed by atoms with E-state index in [4.69, 9.17) is 10.5 Å².